The summed E-state index contributed by atoms with van der Waals surface area (Å²) in [6, 6.07) is 4.98. The largest absolute Gasteiger partial charge is 0.313 e. The molecule has 0 bridgehead atoms. The van der Waals surface area contributed by atoms with E-state index in [0.717, 1.165) is 23.1 Å². The normalized spacial score (nSPS) is 10.6. The van der Waals surface area contributed by atoms with Crippen molar-refractivity contribution in [3.63, 3.8) is 0 Å². The van der Waals surface area contributed by atoms with Crippen molar-refractivity contribution in [3.05, 3.63) is 34.1 Å². The Morgan fingerprint density at radius 1 is 1.27 bits per heavy atom. The van der Waals surface area contributed by atoms with Gasteiger partial charge in [-0.25, -0.2) is 4.39 Å². The predicted molar refractivity (Wildman–Crippen MR) is 65.3 cm³/mol. The first-order valence-electron chi connectivity index (χ1n) is 5.38. The second-order valence-electron chi connectivity index (χ2n) is 3.66. The second kappa shape index (κ2) is 6.96. The molecule has 0 aromatic heterocycles. The molecule has 0 atom stereocenters. The quantitative estimate of drug-likeness (QED) is 0.776. The van der Waals surface area contributed by atoms with Gasteiger partial charge in [-0.1, -0.05) is 35.7 Å². The molecule has 1 nitrogen and oxygen atoms in total. The standard InChI is InChI=1S/C12H17BrFN/c1-2-3-4-5-15-9-10-6-11(13)8-12(14)7-10/h6-8,15H,2-5,9H2,1H3. The fraction of sp³-hybridized carbons (Fsp3) is 0.500. The van der Waals surface area contributed by atoms with Crippen LogP contribution in [0.1, 0.15) is 31.7 Å². The maximum atomic E-state index is 13.0. The van der Waals surface area contributed by atoms with Gasteiger partial charge in [0.25, 0.3) is 0 Å². The minimum atomic E-state index is -0.185. The van der Waals surface area contributed by atoms with E-state index in [-0.39, 0.29) is 5.82 Å². The summed E-state index contributed by atoms with van der Waals surface area (Å²) in [5.74, 6) is -0.185. The molecule has 0 saturated carbocycles. The minimum Gasteiger partial charge on any atom is -0.313 e. The van der Waals surface area contributed by atoms with Gasteiger partial charge in [-0.2, -0.15) is 0 Å². The average Bonchev–Trinajstić information content (AvgIpc) is 2.16. The molecule has 0 radical (unpaired) electrons. The Morgan fingerprint density at radius 2 is 2.07 bits per heavy atom. The summed E-state index contributed by atoms with van der Waals surface area (Å²) < 4.78 is 13.8. The van der Waals surface area contributed by atoms with Crippen molar-refractivity contribution < 1.29 is 4.39 Å². The van der Waals surface area contributed by atoms with E-state index in [1.54, 1.807) is 6.07 Å². The SMILES string of the molecule is CCCCCNCc1cc(F)cc(Br)c1. The van der Waals surface area contributed by atoms with Crippen molar-refractivity contribution in [2.45, 2.75) is 32.7 Å². The molecule has 0 aliphatic heterocycles. The monoisotopic (exact) mass is 273 g/mol. The van der Waals surface area contributed by atoms with Gasteiger partial charge >= 0.3 is 0 Å². The molecule has 0 fully saturated rings. The van der Waals surface area contributed by atoms with E-state index in [9.17, 15) is 4.39 Å². The first kappa shape index (κ1) is 12.7. The third-order valence-electron chi connectivity index (χ3n) is 2.21. The molecule has 15 heavy (non-hydrogen) atoms. The molecular formula is C12H17BrFN. The summed E-state index contributed by atoms with van der Waals surface area (Å²) in [4.78, 5) is 0. The average molecular weight is 274 g/mol. The number of halogens is 2. The zero-order valence-electron chi connectivity index (χ0n) is 9.02. The molecule has 3 heteroatoms. The topological polar surface area (TPSA) is 12.0 Å². The highest BCUT2D eigenvalue weighted by Gasteiger charge is 1.98. The van der Waals surface area contributed by atoms with Crippen molar-refractivity contribution in [2.24, 2.45) is 0 Å². The summed E-state index contributed by atoms with van der Waals surface area (Å²) in [5.41, 5.74) is 0.985. The van der Waals surface area contributed by atoms with E-state index in [4.69, 9.17) is 0 Å². The molecule has 0 spiro atoms. The van der Waals surface area contributed by atoms with E-state index in [1.165, 1.54) is 25.3 Å². The molecule has 1 N–H and O–H groups in total. The van der Waals surface area contributed by atoms with Crippen LogP contribution in [-0.4, -0.2) is 6.54 Å². The fourth-order valence-electron chi connectivity index (χ4n) is 1.45. The molecule has 0 aliphatic rings. The molecular weight excluding hydrogens is 257 g/mol. The Kier molecular flexibility index (Phi) is 5.88. The van der Waals surface area contributed by atoms with E-state index >= 15 is 0 Å². The molecule has 0 unspecified atom stereocenters. The van der Waals surface area contributed by atoms with Crippen LogP contribution in [0.25, 0.3) is 0 Å². The van der Waals surface area contributed by atoms with Crippen molar-refractivity contribution in [2.75, 3.05) is 6.54 Å². The number of benzene rings is 1. The van der Waals surface area contributed by atoms with Gasteiger partial charge in [-0.05, 0) is 36.7 Å². The molecule has 1 aromatic rings. The zero-order chi connectivity index (χ0) is 11.1. The predicted octanol–water partition coefficient (Wildman–Crippen LogP) is 3.87. The third kappa shape index (κ3) is 5.28. The molecule has 84 valence electrons. The molecule has 0 saturated heterocycles. The van der Waals surface area contributed by atoms with Crippen LogP contribution >= 0.6 is 15.9 Å². The maximum absolute atomic E-state index is 13.0. The number of hydrogen-bond donors (Lipinski definition) is 1. The van der Waals surface area contributed by atoms with Gasteiger partial charge in [0.2, 0.25) is 0 Å². The van der Waals surface area contributed by atoms with E-state index in [1.807, 2.05) is 6.07 Å². The lowest BCUT2D eigenvalue weighted by Crippen LogP contribution is -2.14. The van der Waals surface area contributed by atoms with Crippen molar-refractivity contribution in [1.82, 2.24) is 5.32 Å². The van der Waals surface area contributed by atoms with Crippen molar-refractivity contribution in [3.8, 4) is 0 Å². The summed E-state index contributed by atoms with van der Waals surface area (Å²) in [5, 5.41) is 3.30. The van der Waals surface area contributed by atoms with Crippen LogP contribution in [0.2, 0.25) is 0 Å². The lowest BCUT2D eigenvalue weighted by molar-refractivity contribution is 0.604. The van der Waals surface area contributed by atoms with E-state index < -0.39 is 0 Å². The number of rotatable bonds is 6. The summed E-state index contributed by atoms with van der Waals surface area (Å²) in [6.07, 6.45) is 3.67. The zero-order valence-corrected chi connectivity index (χ0v) is 10.6. The first-order valence-corrected chi connectivity index (χ1v) is 6.17. The molecule has 0 heterocycles. The molecule has 0 amide bonds. The van der Waals surface area contributed by atoms with Gasteiger partial charge in [0, 0.05) is 11.0 Å². The number of hydrogen-bond acceptors (Lipinski definition) is 1. The lowest BCUT2D eigenvalue weighted by Gasteiger charge is -2.05. The molecule has 1 rings (SSSR count). The first-order chi connectivity index (χ1) is 7.22. The van der Waals surface area contributed by atoms with Crippen LogP contribution in [0.3, 0.4) is 0 Å². The fourth-order valence-corrected chi connectivity index (χ4v) is 1.96. The van der Waals surface area contributed by atoms with Crippen LogP contribution in [0, 0.1) is 5.82 Å². The van der Waals surface area contributed by atoms with E-state index in [2.05, 4.69) is 28.2 Å². The van der Waals surface area contributed by atoms with Gasteiger partial charge < -0.3 is 5.32 Å². The number of nitrogens with one attached hydrogen (secondary N) is 1. The van der Waals surface area contributed by atoms with Crippen LogP contribution in [0.5, 0.6) is 0 Å². The summed E-state index contributed by atoms with van der Waals surface area (Å²) in [7, 11) is 0. The van der Waals surface area contributed by atoms with Crippen LogP contribution in [0.4, 0.5) is 4.39 Å². The van der Waals surface area contributed by atoms with Crippen molar-refractivity contribution >= 4 is 15.9 Å². The van der Waals surface area contributed by atoms with E-state index in [0.29, 0.717) is 0 Å². The third-order valence-corrected chi connectivity index (χ3v) is 2.67. The highest BCUT2D eigenvalue weighted by molar-refractivity contribution is 9.10. The Bertz CT molecular complexity index is 281. The lowest BCUT2D eigenvalue weighted by atomic mass is 10.2. The Morgan fingerprint density at radius 3 is 2.73 bits per heavy atom. The van der Waals surface area contributed by atoms with Gasteiger partial charge in [0.1, 0.15) is 5.82 Å². The molecule has 1 aromatic carbocycles. The van der Waals surface area contributed by atoms with Crippen LogP contribution in [-0.2, 0) is 6.54 Å². The Hall–Kier alpha value is -0.410. The summed E-state index contributed by atoms with van der Waals surface area (Å²) >= 11 is 3.28. The minimum absolute atomic E-state index is 0.185. The van der Waals surface area contributed by atoms with Crippen molar-refractivity contribution in [1.29, 1.82) is 0 Å². The second-order valence-corrected chi connectivity index (χ2v) is 4.58. The molecule has 0 aliphatic carbocycles. The smallest absolute Gasteiger partial charge is 0.124 e. The maximum Gasteiger partial charge on any atom is 0.124 e. The van der Waals surface area contributed by atoms with Gasteiger partial charge in [-0.3, -0.25) is 0 Å². The highest BCUT2D eigenvalue weighted by atomic mass is 79.9. The van der Waals surface area contributed by atoms with Crippen LogP contribution < -0.4 is 5.32 Å². The Labute approximate surface area is 99.2 Å². The Balaban J connectivity index is 2.31. The van der Waals surface area contributed by atoms with Gasteiger partial charge in [-0.15, -0.1) is 0 Å². The van der Waals surface area contributed by atoms with Crippen LogP contribution in [0.15, 0.2) is 22.7 Å². The summed E-state index contributed by atoms with van der Waals surface area (Å²) in [6.45, 7) is 3.92. The van der Waals surface area contributed by atoms with Gasteiger partial charge in [0.15, 0.2) is 0 Å². The van der Waals surface area contributed by atoms with Gasteiger partial charge in [0.05, 0.1) is 0 Å². The number of unbranched alkanes of at least 4 members (excludes halogenated alkanes) is 2. The highest BCUT2D eigenvalue weighted by Crippen LogP contribution is 2.14.